The number of allylic oxidation sites excluding steroid dienone is 2. The number of aliphatic hydroxyl groups excluding tert-OH is 6. The average Bonchev–Trinajstić information content (AvgIpc) is 3.37. The third-order valence-electron chi connectivity index (χ3n) is 16.0. The van der Waals surface area contributed by atoms with Gasteiger partial charge in [0.25, 0.3) is 0 Å². The van der Waals surface area contributed by atoms with Crippen molar-refractivity contribution in [3.63, 3.8) is 0 Å². The number of esters is 2. The SMILES string of the molecule is CC(=O)OC[C@H]1O[C@@H](O[C@H]2C[C@@]3(C)C4[C@H](O)C=C5[C@H](CCC(O[C@@H]6OC[C@@H](OC(C)=O)[C@H](O)[C@H]6O)C5(C)C)[C@]4(C)CC[C@]3(C)[C@H]2[C@H](C)CCC=C(C)C)[C@H](O)[C@@H](O)[C@@H]1O. The summed E-state index contributed by atoms with van der Waals surface area (Å²) in [6, 6.07) is 0. The molecule has 19 atom stereocenters. The predicted molar refractivity (Wildman–Crippen MR) is 214 cm³/mol. The van der Waals surface area contributed by atoms with Crippen molar-refractivity contribution in [3.05, 3.63) is 23.3 Å². The molecular formula is C45H72O14. The molecule has 2 heterocycles. The Morgan fingerprint density at radius 3 is 2.15 bits per heavy atom. The highest BCUT2D eigenvalue weighted by Crippen LogP contribution is 2.75. The molecule has 6 aliphatic rings. The number of carbonyl (C=O) groups excluding carboxylic acids is 2. The third-order valence-corrected chi connectivity index (χ3v) is 16.0. The number of fused-ring (bicyclic) bond motifs is 5. The van der Waals surface area contributed by atoms with E-state index in [4.69, 9.17) is 28.4 Å². The molecule has 0 amide bonds. The van der Waals surface area contributed by atoms with E-state index in [1.807, 2.05) is 6.08 Å². The van der Waals surface area contributed by atoms with E-state index in [9.17, 15) is 40.2 Å². The van der Waals surface area contributed by atoms with Crippen molar-refractivity contribution in [2.75, 3.05) is 13.2 Å². The average molecular weight is 837 g/mol. The zero-order valence-electron chi connectivity index (χ0n) is 36.7. The van der Waals surface area contributed by atoms with Gasteiger partial charge in [0.1, 0.15) is 43.2 Å². The van der Waals surface area contributed by atoms with E-state index in [1.165, 1.54) is 19.4 Å². The smallest absolute Gasteiger partial charge is 0.303 e. The summed E-state index contributed by atoms with van der Waals surface area (Å²) in [5, 5.41) is 67.2. The standard InChI is InChI=1S/C45H72O14/c1-22(2)12-11-13-23(3)33-29(57-41-38(53)36(51)34(49)31(58-41)20-54-24(4)46)19-45(10)39-28(48)18-27-26(43(39,8)16-17-44(33,45)9)14-15-32(42(27,6)7)59-40-37(52)35(50)30(21-55-40)56-25(5)47/h12,18,23,26,28-41,48-53H,11,13-17,19-21H2,1-10H3/t23-,26+,28-,29+,30-,31-,32?,33+,34-,35+,36+,37-,38-,39?,40+,41-,43+,44-,45+/m1/s1. The maximum Gasteiger partial charge on any atom is 0.303 e. The molecule has 0 spiro atoms. The minimum Gasteiger partial charge on any atom is -0.463 e. The topological polar surface area (TPSA) is 211 Å². The van der Waals surface area contributed by atoms with Crippen LogP contribution in [0.1, 0.15) is 114 Å². The number of hydrogen-bond donors (Lipinski definition) is 6. The van der Waals surface area contributed by atoms with Gasteiger partial charge < -0.3 is 59.1 Å². The molecule has 0 aromatic rings. The van der Waals surface area contributed by atoms with Gasteiger partial charge in [0.05, 0.1) is 24.9 Å². The van der Waals surface area contributed by atoms with E-state index in [2.05, 4.69) is 61.5 Å². The first-order valence-corrected chi connectivity index (χ1v) is 21.8. The van der Waals surface area contributed by atoms with Crippen LogP contribution >= 0.6 is 0 Å². The fourth-order valence-corrected chi connectivity index (χ4v) is 12.9. The molecule has 0 radical (unpaired) electrons. The Labute approximate surface area is 349 Å². The van der Waals surface area contributed by atoms with Crippen molar-refractivity contribution in [3.8, 4) is 0 Å². The largest absolute Gasteiger partial charge is 0.463 e. The number of aliphatic hydroxyl groups is 6. The van der Waals surface area contributed by atoms with Crippen LogP contribution in [-0.4, -0.2) is 129 Å². The lowest BCUT2D eigenvalue weighted by Gasteiger charge is -2.67. The Balaban J connectivity index is 1.29. The lowest BCUT2D eigenvalue weighted by Crippen LogP contribution is -2.63. The fourth-order valence-electron chi connectivity index (χ4n) is 12.9. The number of hydrogen-bond acceptors (Lipinski definition) is 14. The van der Waals surface area contributed by atoms with Crippen LogP contribution in [0.4, 0.5) is 0 Å². The maximum absolute atomic E-state index is 12.6. The molecule has 6 rings (SSSR count). The van der Waals surface area contributed by atoms with E-state index in [1.54, 1.807) is 0 Å². The van der Waals surface area contributed by atoms with Crippen molar-refractivity contribution in [1.82, 2.24) is 0 Å². The van der Waals surface area contributed by atoms with Crippen molar-refractivity contribution >= 4 is 11.9 Å². The highest BCUT2D eigenvalue weighted by atomic mass is 16.7. The summed E-state index contributed by atoms with van der Waals surface area (Å²) >= 11 is 0. The molecule has 14 nitrogen and oxygen atoms in total. The zero-order chi connectivity index (χ0) is 43.6. The molecule has 14 heteroatoms. The molecule has 3 saturated carbocycles. The van der Waals surface area contributed by atoms with Crippen LogP contribution in [0.25, 0.3) is 0 Å². The summed E-state index contributed by atoms with van der Waals surface area (Å²) in [7, 11) is 0. The Morgan fingerprint density at radius 1 is 0.831 bits per heavy atom. The van der Waals surface area contributed by atoms with E-state index in [0.29, 0.717) is 12.8 Å². The summed E-state index contributed by atoms with van der Waals surface area (Å²) in [5.74, 6) is -1.00. The van der Waals surface area contributed by atoms with Gasteiger partial charge in [-0.05, 0) is 92.8 Å². The van der Waals surface area contributed by atoms with Crippen molar-refractivity contribution in [2.45, 2.75) is 188 Å². The van der Waals surface area contributed by atoms with E-state index >= 15 is 0 Å². The van der Waals surface area contributed by atoms with Crippen LogP contribution in [-0.2, 0) is 38.0 Å². The summed E-state index contributed by atoms with van der Waals surface area (Å²) < 4.78 is 35.5. The van der Waals surface area contributed by atoms with E-state index < -0.39 is 96.4 Å². The Kier molecular flexibility index (Phi) is 13.6. The third kappa shape index (κ3) is 8.34. The second kappa shape index (κ2) is 17.3. The molecule has 6 N–H and O–H groups in total. The van der Waals surface area contributed by atoms with Crippen LogP contribution < -0.4 is 0 Å². The first kappa shape index (κ1) is 46.5. The van der Waals surface area contributed by atoms with Crippen LogP contribution in [0.15, 0.2) is 23.3 Å². The van der Waals surface area contributed by atoms with Gasteiger partial charge in [-0.3, -0.25) is 9.59 Å². The first-order chi connectivity index (χ1) is 27.5. The summed E-state index contributed by atoms with van der Waals surface area (Å²) in [6.45, 7) is 19.7. The summed E-state index contributed by atoms with van der Waals surface area (Å²) in [6.07, 6.45) is -3.72. The molecule has 336 valence electrons. The minimum atomic E-state index is -1.58. The van der Waals surface area contributed by atoms with Gasteiger partial charge in [-0.2, -0.15) is 0 Å². The molecule has 2 saturated heterocycles. The number of ether oxygens (including phenoxy) is 6. The Bertz CT molecular complexity index is 1590. The van der Waals surface area contributed by atoms with Gasteiger partial charge in [-0.25, -0.2) is 0 Å². The van der Waals surface area contributed by atoms with Gasteiger partial charge in [0.15, 0.2) is 18.7 Å². The predicted octanol–water partition coefficient (Wildman–Crippen LogP) is 3.71. The lowest BCUT2D eigenvalue weighted by atomic mass is 9.38. The monoisotopic (exact) mass is 836 g/mol. The van der Waals surface area contributed by atoms with Gasteiger partial charge in [0.2, 0.25) is 0 Å². The molecule has 59 heavy (non-hydrogen) atoms. The van der Waals surface area contributed by atoms with Crippen LogP contribution in [0.5, 0.6) is 0 Å². The Hall–Kier alpha value is -1.98. The number of rotatable bonds is 11. The van der Waals surface area contributed by atoms with Crippen LogP contribution in [0.3, 0.4) is 0 Å². The molecule has 2 aliphatic heterocycles. The molecule has 2 unspecified atom stereocenters. The highest BCUT2D eigenvalue weighted by molar-refractivity contribution is 5.66. The van der Waals surface area contributed by atoms with Crippen LogP contribution in [0.2, 0.25) is 0 Å². The van der Waals surface area contributed by atoms with Gasteiger partial charge in [-0.1, -0.05) is 64.8 Å². The van der Waals surface area contributed by atoms with Crippen molar-refractivity contribution < 1.29 is 68.6 Å². The summed E-state index contributed by atoms with van der Waals surface area (Å²) in [4.78, 5) is 23.2. The van der Waals surface area contributed by atoms with Gasteiger partial charge in [-0.15, -0.1) is 0 Å². The van der Waals surface area contributed by atoms with Crippen LogP contribution in [0, 0.1) is 45.3 Å². The lowest BCUT2D eigenvalue weighted by molar-refractivity contribution is -0.316. The van der Waals surface area contributed by atoms with Crippen molar-refractivity contribution in [1.29, 1.82) is 0 Å². The Morgan fingerprint density at radius 2 is 1.51 bits per heavy atom. The second-order valence-electron chi connectivity index (χ2n) is 20.3. The fraction of sp³-hybridized carbons (Fsp3) is 0.867. The minimum absolute atomic E-state index is 0.00908. The molecule has 0 aromatic heterocycles. The first-order valence-electron chi connectivity index (χ1n) is 21.8. The second-order valence-corrected chi connectivity index (χ2v) is 20.3. The molecule has 5 fully saturated rings. The normalized spacial score (nSPS) is 47.1. The summed E-state index contributed by atoms with van der Waals surface area (Å²) in [5.41, 5.74) is 0.736. The molecular weight excluding hydrogens is 764 g/mol. The zero-order valence-corrected chi connectivity index (χ0v) is 36.7. The van der Waals surface area contributed by atoms with Gasteiger partial charge >= 0.3 is 11.9 Å². The van der Waals surface area contributed by atoms with E-state index in [0.717, 1.165) is 37.7 Å². The quantitative estimate of drug-likeness (QED) is 0.130. The van der Waals surface area contributed by atoms with E-state index in [-0.39, 0.29) is 47.7 Å². The molecule has 4 aliphatic carbocycles. The maximum atomic E-state index is 12.6. The van der Waals surface area contributed by atoms with Crippen molar-refractivity contribution in [2.24, 2.45) is 45.3 Å². The highest BCUT2D eigenvalue weighted by Gasteiger charge is 2.72. The van der Waals surface area contributed by atoms with Gasteiger partial charge in [0, 0.05) is 25.2 Å². The number of carbonyl (C=O) groups is 2. The molecule has 0 bridgehead atoms. The molecule has 0 aromatic carbocycles.